The summed E-state index contributed by atoms with van der Waals surface area (Å²) in [5, 5.41) is 12.6. The van der Waals surface area contributed by atoms with Crippen LogP contribution in [0.2, 0.25) is 0 Å². The van der Waals surface area contributed by atoms with Crippen LogP contribution in [0.15, 0.2) is 11.1 Å². The Morgan fingerprint density at radius 2 is 2.12 bits per heavy atom. The molecule has 2 aromatic rings. The number of carbonyl (C=O) groups is 1. The van der Waals surface area contributed by atoms with E-state index in [1.54, 1.807) is 0 Å². The lowest BCUT2D eigenvalue weighted by molar-refractivity contribution is -0.125. The first-order valence-corrected chi connectivity index (χ1v) is 9.25. The fraction of sp³-hybridized carbons (Fsp3) is 0.562. The third-order valence-electron chi connectivity index (χ3n) is 4.67. The molecule has 25 heavy (non-hydrogen) atoms. The van der Waals surface area contributed by atoms with Gasteiger partial charge in [-0.2, -0.15) is 10.2 Å². The molecule has 9 heteroatoms. The molecule has 2 aliphatic rings. The van der Waals surface area contributed by atoms with E-state index in [2.05, 4.69) is 20.2 Å². The lowest BCUT2D eigenvalue weighted by Crippen LogP contribution is -2.41. The number of hydrogen-bond acceptors (Lipinski definition) is 7. The number of nitriles is 1. The first kappa shape index (κ1) is 16.0. The van der Waals surface area contributed by atoms with Crippen molar-refractivity contribution in [1.82, 2.24) is 19.9 Å². The number of amides is 1. The van der Waals surface area contributed by atoms with Gasteiger partial charge in [0.15, 0.2) is 10.8 Å². The lowest BCUT2D eigenvalue weighted by atomic mass is 9.96. The molecule has 0 spiro atoms. The molecule has 0 aromatic carbocycles. The van der Waals surface area contributed by atoms with Gasteiger partial charge in [0.05, 0.1) is 6.07 Å². The number of nitrogens with one attached hydrogen (secondary N) is 1. The fourth-order valence-electron chi connectivity index (χ4n) is 3.04. The molecular formula is C16H18N6O2S. The molecule has 2 aromatic heterocycles. The summed E-state index contributed by atoms with van der Waals surface area (Å²) >= 11 is 1.31. The summed E-state index contributed by atoms with van der Waals surface area (Å²) < 4.78 is 1.76. The molecule has 0 atom stereocenters. The largest absolute Gasteiger partial charge is 0.353 e. The van der Waals surface area contributed by atoms with Crippen LogP contribution in [0.1, 0.15) is 25.7 Å². The zero-order valence-corrected chi connectivity index (χ0v) is 14.5. The zero-order valence-electron chi connectivity index (χ0n) is 13.6. The average molecular weight is 358 g/mol. The third kappa shape index (κ3) is 3.22. The minimum absolute atomic E-state index is 0.0174. The molecular weight excluding hydrogens is 340 g/mol. The van der Waals surface area contributed by atoms with Gasteiger partial charge in [-0.1, -0.05) is 11.3 Å². The fourth-order valence-corrected chi connectivity index (χ4v) is 4.06. The van der Waals surface area contributed by atoms with Gasteiger partial charge < -0.3 is 10.2 Å². The average Bonchev–Trinajstić information content (AvgIpc) is 3.32. The predicted molar refractivity (Wildman–Crippen MR) is 93.4 cm³/mol. The summed E-state index contributed by atoms with van der Waals surface area (Å²) in [6, 6.07) is 2.35. The number of hydrogen-bond donors (Lipinski definition) is 1. The zero-order chi connectivity index (χ0) is 17.4. The van der Waals surface area contributed by atoms with Crippen LogP contribution < -0.4 is 15.8 Å². The molecule has 1 N–H and O–H groups in total. The van der Waals surface area contributed by atoms with Crippen molar-refractivity contribution in [2.24, 2.45) is 5.92 Å². The highest BCUT2D eigenvalue weighted by molar-refractivity contribution is 7.22. The smallest absolute Gasteiger partial charge is 0.274 e. The summed E-state index contributed by atoms with van der Waals surface area (Å²) in [6.45, 7) is 1.47. The number of aromatic nitrogens is 3. The van der Waals surface area contributed by atoms with Gasteiger partial charge in [0.25, 0.3) is 5.56 Å². The van der Waals surface area contributed by atoms with E-state index in [1.165, 1.54) is 22.2 Å². The van der Waals surface area contributed by atoms with Gasteiger partial charge in [0.1, 0.15) is 17.6 Å². The van der Waals surface area contributed by atoms with Gasteiger partial charge in [-0.3, -0.25) is 14.2 Å². The van der Waals surface area contributed by atoms with Crippen molar-refractivity contribution in [3.05, 3.63) is 16.7 Å². The Kier molecular flexibility index (Phi) is 4.13. The maximum absolute atomic E-state index is 12.3. The van der Waals surface area contributed by atoms with Crippen LogP contribution in [0, 0.1) is 17.2 Å². The number of thiazole rings is 1. The molecule has 0 radical (unpaired) electrons. The van der Waals surface area contributed by atoms with Gasteiger partial charge in [-0.05, 0) is 25.7 Å². The van der Waals surface area contributed by atoms with Crippen LogP contribution >= 0.6 is 11.3 Å². The molecule has 1 amide bonds. The van der Waals surface area contributed by atoms with E-state index in [9.17, 15) is 9.59 Å². The molecule has 0 unspecified atom stereocenters. The number of nitrogens with zero attached hydrogens (tertiary/aromatic N) is 5. The Labute approximate surface area is 148 Å². The molecule has 1 aliphatic carbocycles. The van der Waals surface area contributed by atoms with E-state index in [0.29, 0.717) is 16.4 Å². The van der Waals surface area contributed by atoms with Crippen molar-refractivity contribution in [2.75, 3.05) is 18.0 Å². The van der Waals surface area contributed by atoms with Crippen molar-refractivity contribution in [3.63, 3.8) is 0 Å². The van der Waals surface area contributed by atoms with E-state index in [-0.39, 0.29) is 23.9 Å². The lowest BCUT2D eigenvalue weighted by Gasteiger charge is -2.30. The minimum atomic E-state index is -0.228. The summed E-state index contributed by atoms with van der Waals surface area (Å²) in [7, 11) is 0. The van der Waals surface area contributed by atoms with Crippen molar-refractivity contribution in [2.45, 2.75) is 38.3 Å². The molecule has 1 saturated carbocycles. The standard InChI is InChI=1S/C16H18N6O2S/c17-5-8-22-9-18-13-12(15(22)24)25-16(20-13)21-6-3-10(4-7-21)14(23)19-11-1-2-11/h9-11H,1-4,6-8H2,(H,19,23). The molecule has 130 valence electrons. The topological polar surface area (TPSA) is 104 Å². The number of fused-ring (bicyclic) bond motifs is 1. The number of anilines is 1. The maximum atomic E-state index is 12.3. The second-order valence-electron chi connectivity index (χ2n) is 6.53. The molecule has 1 saturated heterocycles. The Morgan fingerprint density at radius 1 is 1.36 bits per heavy atom. The SMILES string of the molecule is N#CCn1cnc2nc(N3CCC(C(=O)NC4CC4)CC3)sc2c1=O. The van der Waals surface area contributed by atoms with Gasteiger partial charge >= 0.3 is 0 Å². The van der Waals surface area contributed by atoms with E-state index < -0.39 is 0 Å². The van der Waals surface area contributed by atoms with Crippen molar-refractivity contribution >= 4 is 32.7 Å². The summed E-state index contributed by atoms with van der Waals surface area (Å²) in [6.07, 6.45) is 5.16. The first-order valence-electron chi connectivity index (χ1n) is 8.44. The summed E-state index contributed by atoms with van der Waals surface area (Å²) in [5.41, 5.74) is 0.196. The van der Waals surface area contributed by atoms with Crippen LogP contribution in [0.25, 0.3) is 10.3 Å². The number of rotatable bonds is 4. The molecule has 0 bridgehead atoms. The summed E-state index contributed by atoms with van der Waals surface area (Å²) in [4.78, 5) is 35.2. The molecule has 1 aliphatic heterocycles. The van der Waals surface area contributed by atoms with Crippen molar-refractivity contribution in [3.8, 4) is 6.07 Å². The van der Waals surface area contributed by atoms with E-state index in [0.717, 1.165) is 43.9 Å². The van der Waals surface area contributed by atoms with E-state index in [1.807, 2.05) is 6.07 Å². The van der Waals surface area contributed by atoms with Gasteiger partial charge in [0, 0.05) is 25.0 Å². The van der Waals surface area contributed by atoms with Crippen LogP contribution in [0.5, 0.6) is 0 Å². The van der Waals surface area contributed by atoms with Crippen molar-refractivity contribution in [1.29, 1.82) is 5.26 Å². The number of carbonyl (C=O) groups excluding carboxylic acids is 1. The summed E-state index contributed by atoms with van der Waals surface area (Å²) in [5.74, 6) is 0.240. The Balaban J connectivity index is 1.47. The van der Waals surface area contributed by atoms with Crippen LogP contribution in [-0.4, -0.2) is 39.6 Å². The second kappa shape index (κ2) is 6.44. The minimum Gasteiger partial charge on any atom is -0.353 e. The van der Waals surface area contributed by atoms with E-state index in [4.69, 9.17) is 5.26 Å². The highest BCUT2D eigenvalue weighted by Crippen LogP contribution is 2.29. The predicted octanol–water partition coefficient (Wildman–Crippen LogP) is 0.872. The monoisotopic (exact) mass is 358 g/mol. The quantitative estimate of drug-likeness (QED) is 0.870. The Bertz CT molecular complexity index is 901. The highest BCUT2D eigenvalue weighted by Gasteiger charge is 2.30. The van der Waals surface area contributed by atoms with Crippen LogP contribution in [0.3, 0.4) is 0 Å². The molecule has 3 heterocycles. The van der Waals surface area contributed by atoms with Gasteiger partial charge in [-0.25, -0.2) is 4.98 Å². The van der Waals surface area contributed by atoms with Gasteiger partial charge in [0.2, 0.25) is 5.91 Å². The van der Waals surface area contributed by atoms with Gasteiger partial charge in [-0.15, -0.1) is 0 Å². The molecule has 2 fully saturated rings. The molecule has 4 rings (SSSR count). The maximum Gasteiger partial charge on any atom is 0.274 e. The van der Waals surface area contributed by atoms with E-state index >= 15 is 0 Å². The molecule has 8 nitrogen and oxygen atoms in total. The number of piperidine rings is 1. The third-order valence-corrected chi connectivity index (χ3v) is 5.77. The Morgan fingerprint density at radius 3 is 2.80 bits per heavy atom. The first-order chi connectivity index (χ1) is 12.2. The second-order valence-corrected chi connectivity index (χ2v) is 7.51. The van der Waals surface area contributed by atoms with Crippen LogP contribution in [0.4, 0.5) is 5.13 Å². The normalized spacial score (nSPS) is 18.3. The highest BCUT2D eigenvalue weighted by atomic mass is 32.1. The van der Waals surface area contributed by atoms with Crippen molar-refractivity contribution < 1.29 is 4.79 Å². The van der Waals surface area contributed by atoms with Crippen LogP contribution in [-0.2, 0) is 11.3 Å². The Hall–Kier alpha value is -2.47.